The van der Waals surface area contributed by atoms with Gasteiger partial charge in [0, 0.05) is 61.4 Å². The number of esters is 1. The molecule has 4 aliphatic rings. The van der Waals surface area contributed by atoms with Crippen LogP contribution in [-0.4, -0.2) is 119 Å². The van der Waals surface area contributed by atoms with Gasteiger partial charge in [-0.2, -0.15) is 0 Å². The minimum Gasteiger partial charge on any atom is -0.462 e. The molecule has 0 amide bonds. The molecule has 13 heteroatoms. The maximum Gasteiger partial charge on any atom is 0.308 e. The van der Waals surface area contributed by atoms with Crippen molar-refractivity contribution in [1.29, 1.82) is 0 Å². The van der Waals surface area contributed by atoms with E-state index < -0.39 is 96.8 Å². The van der Waals surface area contributed by atoms with E-state index in [0.717, 1.165) is 0 Å². The maximum atomic E-state index is 13.6. The number of aliphatic hydroxyl groups excluding tert-OH is 4. The second kappa shape index (κ2) is 20.7. The summed E-state index contributed by atoms with van der Waals surface area (Å²) < 4.78 is 30.1. The molecule has 2 saturated heterocycles. The first-order valence-electron chi connectivity index (χ1n) is 19.6. The van der Waals surface area contributed by atoms with E-state index in [1.54, 1.807) is 60.8 Å². The molecule has 4 rings (SSSR count). The van der Waals surface area contributed by atoms with E-state index in [2.05, 4.69) is 0 Å². The van der Waals surface area contributed by atoms with Crippen LogP contribution < -0.4 is 0 Å². The lowest BCUT2D eigenvalue weighted by atomic mass is 9.78. The van der Waals surface area contributed by atoms with Gasteiger partial charge in [-0.25, -0.2) is 0 Å². The van der Waals surface area contributed by atoms with E-state index in [4.69, 9.17) is 23.7 Å². The van der Waals surface area contributed by atoms with Crippen LogP contribution in [-0.2, 0) is 42.9 Å². The summed E-state index contributed by atoms with van der Waals surface area (Å²) in [5.74, 6) is -5.55. The highest BCUT2D eigenvalue weighted by Gasteiger charge is 2.45. The fourth-order valence-corrected chi connectivity index (χ4v) is 7.79. The van der Waals surface area contributed by atoms with Crippen molar-refractivity contribution in [3.63, 3.8) is 0 Å². The average Bonchev–Trinajstić information content (AvgIpc) is 3.12. The summed E-state index contributed by atoms with van der Waals surface area (Å²) in [7, 11) is 1.56. The summed E-state index contributed by atoms with van der Waals surface area (Å²) >= 11 is 0. The first-order valence-corrected chi connectivity index (χ1v) is 19.6. The van der Waals surface area contributed by atoms with E-state index >= 15 is 0 Å². The third-order valence-electron chi connectivity index (χ3n) is 12.0. The number of Topliss-reactive ketones (excluding diaryl/α,β-unsaturated/α-hetero) is 2. The molecule has 4 N–H and O–H groups in total. The molecule has 17 atom stereocenters. The summed E-state index contributed by atoms with van der Waals surface area (Å²) in [5, 5.41) is 43.4. The second-order valence-electron chi connectivity index (χ2n) is 16.3. The van der Waals surface area contributed by atoms with Crippen molar-refractivity contribution >= 4 is 23.3 Å². The topological polar surface area (TPSA) is 195 Å². The largest absolute Gasteiger partial charge is 0.462 e. The zero-order chi connectivity index (χ0) is 40.6. The van der Waals surface area contributed by atoms with Crippen LogP contribution >= 0.6 is 0 Å². The Morgan fingerprint density at radius 3 is 2.19 bits per heavy atom. The Balaban J connectivity index is 1.95. The number of hydrogen-bond donors (Lipinski definition) is 4. The molecule has 0 aromatic rings. The van der Waals surface area contributed by atoms with Crippen LogP contribution in [0.2, 0.25) is 0 Å². The van der Waals surface area contributed by atoms with Gasteiger partial charge in [0.05, 0.1) is 55.8 Å². The number of rotatable bonds is 5. The van der Waals surface area contributed by atoms with Gasteiger partial charge < -0.3 is 44.1 Å². The molecular formula is C41H66O13. The predicted molar refractivity (Wildman–Crippen MR) is 199 cm³/mol. The lowest BCUT2D eigenvalue weighted by Crippen LogP contribution is -2.54. The van der Waals surface area contributed by atoms with Crippen molar-refractivity contribution in [2.24, 2.45) is 41.4 Å². The summed E-state index contributed by atoms with van der Waals surface area (Å²) in [6.45, 7) is 15.4. The molecule has 4 aliphatic heterocycles. The first-order chi connectivity index (χ1) is 25.3. The molecule has 0 saturated carbocycles. The molecule has 9 unspecified atom stereocenters. The molecule has 0 aliphatic carbocycles. The zero-order valence-corrected chi connectivity index (χ0v) is 33.8. The molecular weight excluding hydrogens is 700 g/mol. The van der Waals surface area contributed by atoms with Crippen molar-refractivity contribution in [3.8, 4) is 0 Å². The third-order valence-corrected chi connectivity index (χ3v) is 12.0. The number of hydrogen-bond acceptors (Lipinski definition) is 13. The molecule has 308 valence electrons. The number of ketones is 3. The predicted octanol–water partition coefficient (Wildman–Crippen LogP) is 3.51. The van der Waals surface area contributed by atoms with E-state index in [0.29, 0.717) is 12.8 Å². The number of allylic oxidation sites excluding steroid dienone is 3. The normalized spacial score (nSPS) is 43.0. The zero-order valence-electron chi connectivity index (χ0n) is 33.8. The van der Waals surface area contributed by atoms with Crippen molar-refractivity contribution in [2.45, 2.75) is 156 Å². The van der Waals surface area contributed by atoms with Gasteiger partial charge in [-0.3, -0.25) is 19.2 Å². The standard InChI is InChI=1S/C41H66O13/c1-20-14-22(3)38(49)24(5)33(46)18-37(48)53-39(23(4)27(8)42)25(6)31(44)13-11-12-30(43)21(2)15-29-19-51-35(16-32(20)45)26(7)40(29)54-41-34(47)17-36(50-10)28(9)52-41/h11-12,14,20-21,23-29,31,33-36,39-42,44,46-47H,13,15-19H2,1-10H3/b12-11-,22-14-/t20?,21?,23?,24?,25?,26-,27?,28-,29+,31?,33?,34+,35+,36-,39?,40+,41+/m1/s1. The first kappa shape index (κ1) is 46.0. The number of carbonyl (C=O) groups is 4. The van der Waals surface area contributed by atoms with Crippen LogP contribution in [0.4, 0.5) is 0 Å². The third kappa shape index (κ3) is 12.1. The number of aliphatic hydroxyl groups is 4. The quantitative estimate of drug-likeness (QED) is 0.297. The minimum atomic E-state index is -1.39. The maximum absolute atomic E-state index is 13.6. The Morgan fingerprint density at radius 2 is 1.56 bits per heavy atom. The van der Waals surface area contributed by atoms with Gasteiger partial charge in [-0.1, -0.05) is 53.7 Å². The summed E-state index contributed by atoms with van der Waals surface area (Å²) in [6.07, 6.45) is -3.06. The van der Waals surface area contributed by atoms with Crippen LogP contribution in [0.15, 0.2) is 23.8 Å². The van der Waals surface area contributed by atoms with Crippen molar-refractivity contribution < 1.29 is 63.3 Å². The van der Waals surface area contributed by atoms with E-state index in [1.165, 1.54) is 13.0 Å². The van der Waals surface area contributed by atoms with Crippen molar-refractivity contribution in [3.05, 3.63) is 23.8 Å². The molecule has 4 heterocycles. The van der Waals surface area contributed by atoms with Gasteiger partial charge in [0.2, 0.25) is 0 Å². The lowest BCUT2D eigenvalue weighted by molar-refractivity contribution is -0.300. The molecule has 0 aromatic carbocycles. The Morgan fingerprint density at radius 1 is 0.889 bits per heavy atom. The van der Waals surface area contributed by atoms with Crippen molar-refractivity contribution in [2.75, 3.05) is 13.7 Å². The van der Waals surface area contributed by atoms with Gasteiger partial charge in [0.1, 0.15) is 18.0 Å². The van der Waals surface area contributed by atoms with Gasteiger partial charge >= 0.3 is 5.97 Å². The van der Waals surface area contributed by atoms with Gasteiger partial charge in [-0.15, -0.1) is 0 Å². The Hall–Kier alpha value is -2.36. The van der Waals surface area contributed by atoms with Crippen LogP contribution in [0, 0.1) is 41.4 Å². The molecule has 13 nitrogen and oxygen atoms in total. The summed E-state index contributed by atoms with van der Waals surface area (Å²) in [6, 6.07) is 0. The summed E-state index contributed by atoms with van der Waals surface area (Å²) in [5.41, 5.74) is 0.264. The van der Waals surface area contributed by atoms with Crippen molar-refractivity contribution in [1.82, 2.24) is 0 Å². The van der Waals surface area contributed by atoms with Crippen LogP contribution in [0.5, 0.6) is 0 Å². The average molecular weight is 767 g/mol. The van der Waals surface area contributed by atoms with E-state index in [9.17, 15) is 39.6 Å². The monoisotopic (exact) mass is 766 g/mol. The van der Waals surface area contributed by atoms with E-state index in [1.807, 2.05) is 13.8 Å². The Labute approximate surface area is 320 Å². The molecule has 0 spiro atoms. The molecule has 0 aromatic heterocycles. The number of fused-ring (bicyclic) bond motifs is 19. The molecule has 2 bridgehead atoms. The number of methoxy groups -OCH3 is 1. The highest BCUT2D eigenvalue weighted by molar-refractivity contribution is 5.98. The fraction of sp³-hybridized carbons (Fsp3) is 0.805. The Kier molecular flexibility index (Phi) is 17.6. The smallest absolute Gasteiger partial charge is 0.308 e. The highest BCUT2D eigenvalue weighted by atomic mass is 16.7. The van der Waals surface area contributed by atoms with E-state index in [-0.39, 0.29) is 60.6 Å². The SMILES string of the molecule is CO[C@@H]1C[C@H](O)[C@H](O[C@@H]2[C@@H]3CO[C@@H](CC(=O)C(C)/C=C(/C)C(=O)C(C)C(O)CC(=O)OC(C(C)C(C)O)C(C)C(O)C/C=C\C(=O)C(C)C3)[C@H]2C)O[C@@H]1C. The second-order valence-corrected chi connectivity index (χ2v) is 16.3. The number of carbonyl (C=O) groups excluding carboxylic acids is 4. The van der Waals surface area contributed by atoms with Gasteiger partial charge in [-0.05, 0) is 45.3 Å². The molecule has 54 heavy (non-hydrogen) atoms. The van der Waals surface area contributed by atoms with Crippen LogP contribution in [0.3, 0.4) is 0 Å². The highest BCUT2D eigenvalue weighted by Crippen LogP contribution is 2.37. The van der Waals surface area contributed by atoms with Gasteiger partial charge in [0.25, 0.3) is 0 Å². The number of ether oxygens (including phenoxy) is 5. The van der Waals surface area contributed by atoms with Crippen LogP contribution in [0.1, 0.15) is 94.4 Å². The summed E-state index contributed by atoms with van der Waals surface area (Å²) in [4.78, 5) is 53.4. The molecule has 2 fully saturated rings. The fourth-order valence-electron chi connectivity index (χ4n) is 7.79. The minimum absolute atomic E-state index is 0.0249. The van der Waals surface area contributed by atoms with Crippen LogP contribution in [0.25, 0.3) is 0 Å². The molecule has 0 radical (unpaired) electrons. The Bertz CT molecular complexity index is 1330. The lowest BCUT2D eigenvalue weighted by Gasteiger charge is -2.45. The van der Waals surface area contributed by atoms with Gasteiger partial charge in [0.15, 0.2) is 17.9 Å².